The topological polar surface area (TPSA) is 284 Å². The minimum Gasteiger partial charge on any atom is -0.391 e. The molecule has 1 aromatic heterocycles. The maximum Gasteiger partial charge on any atom is 0.501 e. The Hall–Kier alpha value is -7.49. The van der Waals surface area contributed by atoms with E-state index in [-0.39, 0.29) is 54.6 Å². The monoisotopic (exact) mass is 1670 g/mol. The van der Waals surface area contributed by atoms with Crippen LogP contribution in [-0.4, -0.2) is 226 Å². The van der Waals surface area contributed by atoms with Crippen LogP contribution < -0.4 is 25.6 Å². The summed E-state index contributed by atoms with van der Waals surface area (Å²) in [5.74, 6) is -1.25. The number of amides is 5. The third-order valence-electron chi connectivity index (χ3n) is 22.4. The molecule has 0 spiro atoms. The number of likely N-dealkylation sites (tertiary alicyclic amines) is 1. The van der Waals surface area contributed by atoms with Crippen molar-refractivity contribution in [3.63, 3.8) is 0 Å². The Kier molecular flexibility index (Phi) is 29.7. The molecule has 0 saturated carbocycles. The minimum atomic E-state index is -6.12. The number of sulfone groups is 1. The number of β-amino-alcohol motifs (C(OH)–C–C–N with tert-alkyl or cyclic N) is 1. The zero-order valence-electron chi connectivity index (χ0n) is 65.6. The molecule has 5 heterocycles. The molecule has 5 amide bonds. The van der Waals surface area contributed by atoms with Crippen LogP contribution >= 0.6 is 34.7 Å². The highest BCUT2D eigenvalue weighted by atomic mass is 35.5. The summed E-state index contributed by atoms with van der Waals surface area (Å²) in [6, 6.07) is 31.3. The molecule has 6 aromatic rings. The number of morpholine rings is 1. The average molecular weight is 1670 g/mol. The lowest BCUT2D eigenvalue weighted by molar-refractivity contribution is -0.146. The second-order valence-corrected chi connectivity index (χ2v) is 37.8. The number of nitrogens with zero attached hydrogens (tertiary/aromatic N) is 7. The summed E-state index contributed by atoms with van der Waals surface area (Å²) in [7, 11) is -11.1. The van der Waals surface area contributed by atoms with Gasteiger partial charge in [0.25, 0.3) is 25.8 Å². The van der Waals surface area contributed by atoms with Gasteiger partial charge >= 0.3 is 5.51 Å². The van der Waals surface area contributed by atoms with Gasteiger partial charge in [0.2, 0.25) is 23.6 Å². The van der Waals surface area contributed by atoms with Crippen molar-refractivity contribution in [3.05, 3.63) is 160 Å². The SMILES string of the molecule is Cc1ncsc1-c1ccc([C@H](C)NC(O)[C@@H]2C[C@@H](O)CN2C(=O)[C@@H](NC(=O)CCCCCCCC(=O)N2CCN(C(=O)C3(C)CCC(c4ccc(Cl)cc4)=C(CN4CCN(c5ccc(C(=O)NS(=O)(=O)c6ccc(N[C@H](CCN7CCOCC7)CSc7ccccc7)c(S(=O)(=O)C(F)(F)F)c6)cc5)CC4)C3)CC2)C(C)(C)C)cc1. The Morgan fingerprint density at radius 2 is 1.43 bits per heavy atom. The number of piperazine rings is 2. The van der Waals surface area contributed by atoms with Crippen molar-refractivity contribution < 1.29 is 68.9 Å². The van der Waals surface area contributed by atoms with E-state index in [4.69, 9.17) is 16.3 Å². The number of aromatic nitrogens is 1. The van der Waals surface area contributed by atoms with Gasteiger partial charge in [-0.15, -0.1) is 23.1 Å². The van der Waals surface area contributed by atoms with Gasteiger partial charge in [0.15, 0.2) is 0 Å². The van der Waals surface area contributed by atoms with Crippen LogP contribution in [0, 0.1) is 17.8 Å². The number of ether oxygens (including phenoxy) is 1. The lowest BCUT2D eigenvalue weighted by Gasteiger charge is -2.43. The molecule has 5 aromatic carbocycles. The number of carbonyl (C=O) groups excluding carboxylic acids is 5. The Labute approximate surface area is 681 Å². The van der Waals surface area contributed by atoms with E-state index in [0.29, 0.717) is 154 Å². The van der Waals surface area contributed by atoms with Crippen LogP contribution in [0.5, 0.6) is 0 Å². The van der Waals surface area contributed by atoms with Crippen molar-refractivity contribution in [2.24, 2.45) is 10.8 Å². The third-order valence-corrected chi connectivity index (χ3v) is 27.7. The molecule has 7 atom stereocenters. The van der Waals surface area contributed by atoms with Crippen molar-refractivity contribution in [3.8, 4) is 10.4 Å². The fourth-order valence-electron chi connectivity index (χ4n) is 15.7. The van der Waals surface area contributed by atoms with Crippen molar-refractivity contribution in [2.75, 3.05) is 114 Å². The summed E-state index contributed by atoms with van der Waals surface area (Å²) in [5, 5.41) is 32.2. The molecule has 1 aliphatic carbocycles. The number of nitrogens with one attached hydrogen (secondary N) is 4. The first kappa shape index (κ1) is 87.3. The average Bonchev–Trinajstić information content (AvgIpc) is 0.913. The number of allylic oxidation sites excluding steroid dienone is 1. The zero-order valence-corrected chi connectivity index (χ0v) is 69.7. The number of carbonyl (C=O) groups is 5. The van der Waals surface area contributed by atoms with E-state index >= 15 is 0 Å². The summed E-state index contributed by atoms with van der Waals surface area (Å²) in [6.45, 7) is 19.3. The molecule has 5 aliphatic rings. The van der Waals surface area contributed by atoms with E-state index < -0.39 is 88.0 Å². The quantitative estimate of drug-likeness (QED) is 0.0130. The number of aryl methyl sites for hydroxylation is 1. The van der Waals surface area contributed by atoms with Crippen LogP contribution in [0.15, 0.2) is 147 Å². The molecule has 0 radical (unpaired) electrons. The van der Waals surface area contributed by atoms with Gasteiger partial charge in [-0.3, -0.25) is 39.1 Å². The highest BCUT2D eigenvalue weighted by Gasteiger charge is 2.50. The van der Waals surface area contributed by atoms with Gasteiger partial charge in [-0.1, -0.05) is 119 Å². The summed E-state index contributed by atoms with van der Waals surface area (Å²) in [6.07, 6.45) is 4.69. The molecule has 114 heavy (non-hydrogen) atoms. The number of hydrogen-bond acceptors (Lipinski definition) is 20. The predicted molar refractivity (Wildman–Crippen MR) is 439 cm³/mol. The maximum absolute atomic E-state index is 14.7. The molecule has 23 nitrogen and oxygen atoms in total. The van der Waals surface area contributed by atoms with Crippen LogP contribution in [0.4, 0.5) is 24.5 Å². The van der Waals surface area contributed by atoms with Crippen molar-refractivity contribution in [1.82, 2.24) is 44.8 Å². The van der Waals surface area contributed by atoms with E-state index in [0.717, 1.165) is 74.8 Å². The number of halogens is 4. The number of thioether (sulfide) groups is 1. The summed E-state index contributed by atoms with van der Waals surface area (Å²) >= 11 is 9.38. The number of benzene rings is 5. The number of alkyl halides is 3. The zero-order chi connectivity index (χ0) is 81.7. The molecule has 11 rings (SSSR count). The minimum absolute atomic E-state index is 0.0331. The summed E-state index contributed by atoms with van der Waals surface area (Å²) in [4.78, 5) is 85.9. The summed E-state index contributed by atoms with van der Waals surface area (Å²) in [5.41, 5.74) is 1.26. The Bertz CT molecular complexity index is 4560. The van der Waals surface area contributed by atoms with Crippen molar-refractivity contribution >= 4 is 101 Å². The number of thiazole rings is 1. The van der Waals surface area contributed by atoms with Crippen LogP contribution in [0.3, 0.4) is 0 Å². The van der Waals surface area contributed by atoms with Gasteiger partial charge in [-0.2, -0.15) is 13.2 Å². The second kappa shape index (κ2) is 38.7. The molecule has 4 fully saturated rings. The first-order valence-electron chi connectivity index (χ1n) is 39.3. The summed E-state index contributed by atoms with van der Waals surface area (Å²) < 4.78 is 105. The van der Waals surface area contributed by atoms with Gasteiger partial charge in [-0.25, -0.2) is 26.5 Å². The molecule has 618 valence electrons. The number of aliphatic hydroxyl groups is 2. The first-order valence-corrected chi connectivity index (χ1v) is 44.6. The van der Waals surface area contributed by atoms with Gasteiger partial charge in [0, 0.05) is 137 Å². The number of unbranched alkanes of at least 4 members (excludes halogenated alkanes) is 4. The molecular weight excluding hydrogens is 1560 g/mol. The van der Waals surface area contributed by atoms with Gasteiger partial charge in [0.05, 0.1) is 57.4 Å². The fraction of sp³-hybridized carbons (Fsp3) is 0.518. The molecule has 4 saturated heterocycles. The number of hydrogen-bond donors (Lipinski definition) is 6. The molecule has 2 unspecified atom stereocenters. The van der Waals surface area contributed by atoms with Crippen LogP contribution in [-0.2, 0) is 43.8 Å². The smallest absolute Gasteiger partial charge is 0.391 e. The number of sulfonamides is 1. The predicted octanol–water partition coefficient (Wildman–Crippen LogP) is 11.8. The van der Waals surface area contributed by atoms with Crippen molar-refractivity contribution in [1.29, 1.82) is 0 Å². The maximum atomic E-state index is 14.7. The highest BCUT2D eigenvalue weighted by molar-refractivity contribution is 7.99. The van der Waals surface area contributed by atoms with Crippen LogP contribution in [0.1, 0.15) is 145 Å². The van der Waals surface area contributed by atoms with E-state index in [9.17, 15) is 64.2 Å². The number of rotatable bonds is 32. The van der Waals surface area contributed by atoms with Crippen LogP contribution in [0.2, 0.25) is 5.02 Å². The van der Waals surface area contributed by atoms with Gasteiger partial charge < -0.3 is 45.2 Å². The van der Waals surface area contributed by atoms with Gasteiger partial charge in [-0.05, 0) is 153 Å². The number of aliphatic hydroxyl groups excluding tert-OH is 2. The molecule has 4 aliphatic heterocycles. The largest absolute Gasteiger partial charge is 0.501 e. The normalized spacial score (nSPS) is 20.1. The second-order valence-electron chi connectivity index (χ2n) is 31.9. The van der Waals surface area contributed by atoms with E-state index in [2.05, 4.69) is 35.6 Å². The molecule has 0 bridgehead atoms. The Morgan fingerprint density at radius 1 is 0.781 bits per heavy atom. The standard InChI is InChI=1S/C83H107ClF3N11O12S4/c1-56(58-19-21-60(22-20-58)75-57(2)88-55-112-75)89-78(103)71-49-66(99)53-98(71)79(104)76(81(3,4)5)91-73(100)17-13-8-7-9-14-18-74(101)96-41-43-97(44-42-96)80(105)82(6)35-33-69(59-23-27-63(84)28-24-59)62(51-82)52-94-37-39-95(40-38-94)65-29-25-61(26-30-65)77(102)92-114(108,109)68-31-32-70(72(50-68)113(106,107)83(85,86)87)90-64(34-36-93-45-47-110-48-46-93)54-111-67-15-11-10-12-16-67/h10-12,15-16,19-32,50,55-56,64,66,71,76,78,89-90,99,103H,7-9,13-14,17-18,33-49,51-54H2,1-6H3,(H,91,100)(H,92,102)/t56-,64+,66+,71-,76+,78?,82?/m0/s1. The first-order chi connectivity index (χ1) is 54.2. The van der Waals surface area contributed by atoms with E-state index in [1.54, 1.807) is 23.5 Å². The Morgan fingerprint density at radius 3 is 2.08 bits per heavy atom. The lowest BCUT2D eigenvalue weighted by atomic mass is 9.70. The fourth-order valence-corrected chi connectivity index (χ4v) is 19.7. The van der Waals surface area contributed by atoms with Crippen molar-refractivity contribution in [2.45, 2.75) is 175 Å². The van der Waals surface area contributed by atoms with E-state index in [1.165, 1.54) is 34.4 Å². The number of anilines is 2. The van der Waals surface area contributed by atoms with Crippen LogP contribution in [0.25, 0.3) is 16.0 Å². The molecule has 31 heteroatoms. The lowest BCUT2D eigenvalue weighted by Crippen LogP contribution is -2.58. The third kappa shape index (κ3) is 22.6. The molecule has 6 N–H and O–H groups in total. The van der Waals surface area contributed by atoms with Gasteiger partial charge in [0.1, 0.15) is 17.2 Å². The highest BCUT2D eigenvalue weighted by Crippen LogP contribution is 2.45. The Balaban J connectivity index is 0.619. The molecular formula is C83H107ClF3N11O12S4. The van der Waals surface area contributed by atoms with E-state index in [1.807, 2.05) is 140 Å².